The van der Waals surface area contributed by atoms with Crippen molar-refractivity contribution in [2.45, 2.75) is 27.4 Å². The number of fused-ring (bicyclic) bond motifs is 2. The second kappa shape index (κ2) is 7.72. The van der Waals surface area contributed by atoms with Crippen LogP contribution in [0, 0.1) is 20.8 Å². The number of aromatic nitrogens is 2. The van der Waals surface area contributed by atoms with Crippen LogP contribution in [-0.2, 0) is 11.3 Å². The Bertz CT molecular complexity index is 1550. The molecule has 0 bridgehead atoms. The lowest BCUT2D eigenvalue weighted by molar-refractivity contribution is 0.0476. The summed E-state index contributed by atoms with van der Waals surface area (Å²) in [6.45, 7) is 5.51. The monoisotopic (exact) mass is 446 g/mol. The van der Waals surface area contributed by atoms with Crippen molar-refractivity contribution >= 4 is 39.4 Å². The van der Waals surface area contributed by atoms with Crippen LogP contribution in [0.2, 0.25) is 0 Å². The van der Waals surface area contributed by atoms with E-state index >= 15 is 0 Å². The number of carbonyl (C=O) groups excluding carboxylic acids is 1. The second-order valence-electron chi connectivity index (χ2n) is 7.53. The molecule has 0 N–H and O–H groups in total. The van der Waals surface area contributed by atoms with Gasteiger partial charge in [0.15, 0.2) is 0 Å². The summed E-state index contributed by atoms with van der Waals surface area (Å²) in [7, 11) is 0. The topological polar surface area (TPSA) is 95.4 Å². The highest BCUT2D eigenvalue weighted by molar-refractivity contribution is 7.13. The maximum absolute atomic E-state index is 13.1. The van der Waals surface area contributed by atoms with Crippen LogP contribution in [0.15, 0.2) is 55.5 Å². The molecule has 0 amide bonds. The van der Waals surface area contributed by atoms with Crippen LogP contribution in [0.4, 0.5) is 0 Å². The summed E-state index contributed by atoms with van der Waals surface area (Å²) in [5.74, 6) is -0.549. The summed E-state index contributed by atoms with van der Waals surface area (Å²) >= 11 is 1.51. The standard InChI is InChI=1S/C24H18N2O5S/c1-12-6-7-16-15(9-20(27)30-22(16)13(12)2)11-29-24(28)17-10-18(19-5-4-8-32-19)25-23-21(17)14(3)26-31-23/h4-10H,11H2,1-3H3. The first kappa shape index (κ1) is 20.1. The van der Waals surface area contributed by atoms with Gasteiger partial charge in [-0.3, -0.25) is 0 Å². The normalized spacial score (nSPS) is 11.3. The Morgan fingerprint density at radius 3 is 2.78 bits per heavy atom. The van der Waals surface area contributed by atoms with Crippen molar-refractivity contribution in [3.8, 4) is 10.6 Å². The molecule has 0 radical (unpaired) electrons. The van der Waals surface area contributed by atoms with E-state index in [0.29, 0.717) is 33.5 Å². The number of hydrogen-bond donors (Lipinski definition) is 0. The van der Waals surface area contributed by atoms with E-state index in [2.05, 4.69) is 10.1 Å². The van der Waals surface area contributed by atoms with Gasteiger partial charge >= 0.3 is 11.6 Å². The Morgan fingerprint density at radius 2 is 2.00 bits per heavy atom. The molecule has 5 aromatic rings. The Hall–Kier alpha value is -3.78. The molecule has 0 fully saturated rings. The maximum Gasteiger partial charge on any atom is 0.339 e. The van der Waals surface area contributed by atoms with Crippen molar-refractivity contribution in [1.82, 2.24) is 10.1 Å². The number of hydrogen-bond acceptors (Lipinski definition) is 8. The minimum absolute atomic E-state index is 0.0775. The van der Waals surface area contributed by atoms with Crippen LogP contribution in [0.5, 0.6) is 0 Å². The van der Waals surface area contributed by atoms with Gasteiger partial charge in [-0.25, -0.2) is 14.6 Å². The van der Waals surface area contributed by atoms with E-state index in [0.717, 1.165) is 21.4 Å². The Morgan fingerprint density at radius 1 is 1.16 bits per heavy atom. The molecule has 32 heavy (non-hydrogen) atoms. The average Bonchev–Trinajstić information content (AvgIpc) is 3.44. The van der Waals surface area contributed by atoms with Gasteiger partial charge in [-0.1, -0.05) is 23.4 Å². The highest BCUT2D eigenvalue weighted by Gasteiger charge is 2.21. The largest absolute Gasteiger partial charge is 0.457 e. The summed E-state index contributed by atoms with van der Waals surface area (Å²) in [5, 5.41) is 7.14. The third-order valence-electron chi connectivity index (χ3n) is 5.49. The Kier molecular flexibility index (Phi) is 4.86. The number of nitrogens with zero attached hydrogens (tertiary/aromatic N) is 2. The molecule has 0 aliphatic heterocycles. The lowest BCUT2D eigenvalue weighted by atomic mass is 10.0. The first-order valence-electron chi connectivity index (χ1n) is 9.93. The van der Waals surface area contributed by atoms with Crippen molar-refractivity contribution in [2.75, 3.05) is 0 Å². The van der Waals surface area contributed by atoms with E-state index in [1.165, 1.54) is 17.4 Å². The van der Waals surface area contributed by atoms with Gasteiger partial charge in [0.25, 0.3) is 5.71 Å². The SMILES string of the molecule is Cc1ccc2c(COC(=O)c3cc(-c4cccs4)nc4onc(C)c34)cc(=O)oc2c1C. The van der Waals surface area contributed by atoms with E-state index in [1.807, 2.05) is 43.5 Å². The minimum Gasteiger partial charge on any atom is -0.457 e. The fraction of sp³-hybridized carbons (Fsp3) is 0.167. The van der Waals surface area contributed by atoms with Crippen LogP contribution in [-0.4, -0.2) is 16.1 Å². The van der Waals surface area contributed by atoms with Crippen molar-refractivity contribution in [3.05, 3.63) is 80.1 Å². The molecule has 0 aliphatic rings. The number of benzene rings is 1. The van der Waals surface area contributed by atoms with E-state index in [4.69, 9.17) is 13.7 Å². The van der Waals surface area contributed by atoms with Crippen LogP contribution >= 0.6 is 11.3 Å². The third kappa shape index (κ3) is 3.38. The van der Waals surface area contributed by atoms with Crippen LogP contribution < -0.4 is 5.63 Å². The number of esters is 1. The van der Waals surface area contributed by atoms with Crippen molar-refractivity contribution in [2.24, 2.45) is 0 Å². The predicted molar refractivity (Wildman–Crippen MR) is 121 cm³/mol. The maximum atomic E-state index is 13.1. The second-order valence-corrected chi connectivity index (χ2v) is 8.48. The molecule has 0 unspecified atom stereocenters. The molecule has 7 nitrogen and oxygen atoms in total. The summed E-state index contributed by atoms with van der Waals surface area (Å²) in [6, 6.07) is 10.7. The predicted octanol–water partition coefficient (Wildman–Crippen LogP) is 5.34. The van der Waals surface area contributed by atoms with Gasteiger partial charge in [-0.2, -0.15) is 0 Å². The van der Waals surface area contributed by atoms with Gasteiger partial charge in [0, 0.05) is 17.0 Å². The highest BCUT2D eigenvalue weighted by Crippen LogP contribution is 2.30. The fourth-order valence-electron chi connectivity index (χ4n) is 3.67. The quantitative estimate of drug-likeness (QED) is 0.272. The molecule has 5 rings (SSSR count). The molecule has 4 aromatic heterocycles. The summed E-state index contributed by atoms with van der Waals surface area (Å²) < 4.78 is 16.4. The zero-order chi connectivity index (χ0) is 22.4. The van der Waals surface area contributed by atoms with Crippen molar-refractivity contribution < 1.29 is 18.5 Å². The average molecular weight is 446 g/mol. The third-order valence-corrected chi connectivity index (χ3v) is 6.38. The number of rotatable bonds is 4. The zero-order valence-corrected chi connectivity index (χ0v) is 18.4. The van der Waals surface area contributed by atoms with Gasteiger partial charge in [-0.15, -0.1) is 11.3 Å². The van der Waals surface area contributed by atoms with E-state index in [1.54, 1.807) is 13.0 Å². The van der Waals surface area contributed by atoms with E-state index < -0.39 is 11.6 Å². The molecular formula is C24H18N2O5S. The molecule has 0 atom stereocenters. The summed E-state index contributed by atoms with van der Waals surface area (Å²) in [6.07, 6.45) is 0. The lowest BCUT2D eigenvalue weighted by Gasteiger charge is -2.10. The number of carbonyl (C=O) groups is 1. The Labute approximate surface area is 186 Å². The molecule has 0 spiro atoms. The number of ether oxygens (including phenoxy) is 1. The summed E-state index contributed by atoms with van der Waals surface area (Å²) in [4.78, 5) is 30.6. The van der Waals surface area contributed by atoms with Crippen molar-refractivity contribution in [1.29, 1.82) is 0 Å². The first-order valence-corrected chi connectivity index (χ1v) is 10.8. The molecular weight excluding hydrogens is 428 g/mol. The summed E-state index contributed by atoms with van der Waals surface area (Å²) in [5.41, 5.74) is 4.24. The fourth-order valence-corrected chi connectivity index (χ4v) is 4.36. The lowest BCUT2D eigenvalue weighted by Crippen LogP contribution is -2.09. The first-order chi connectivity index (χ1) is 15.4. The molecule has 160 valence electrons. The molecule has 0 aliphatic carbocycles. The number of pyridine rings is 1. The Balaban J connectivity index is 1.53. The van der Waals surface area contributed by atoms with Gasteiger partial charge in [0.2, 0.25) is 0 Å². The minimum atomic E-state index is -0.549. The van der Waals surface area contributed by atoms with Gasteiger partial charge in [0.1, 0.15) is 12.2 Å². The molecule has 4 heterocycles. The highest BCUT2D eigenvalue weighted by atomic mass is 32.1. The van der Waals surface area contributed by atoms with Crippen LogP contribution in [0.1, 0.15) is 32.7 Å². The van der Waals surface area contributed by atoms with Gasteiger partial charge in [0.05, 0.1) is 27.2 Å². The van der Waals surface area contributed by atoms with Crippen LogP contribution in [0.3, 0.4) is 0 Å². The molecule has 8 heteroatoms. The molecule has 1 aromatic carbocycles. The van der Waals surface area contributed by atoms with Gasteiger partial charge in [-0.05, 0) is 49.4 Å². The zero-order valence-electron chi connectivity index (χ0n) is 17.6. The number of aryl methyl sites for hydroxylation is 3. The van der Waals surface area contributed by atoms with E-state index in [9.17, 15) is 9.59 Å². The van der Waals surface area contributed by atoms with Crippen LogP contribution in [0.25, 0.3) is 32.6 Å². The molecule has 0 saturated heterocycles. The van der Waals surface area contributed by atoms with E-state index in [-0.39, 0.29) is 12.3 Å². The van der Waals surface area contributed by atoms with Gasteiger partial charge < -0.3 is 13.7 Å². The van der Waals surface area contributed by atoms with Crippen molar-refractivity contribution in [3.63, 3.8) is 0 Å². The molecule has 0 saturated carbocycles. The smallest absolute Gasteiger partial charge is 0.339 e. The number of thiophene rings is 1.